The zero-order valence-corrected chi connectivity index (χ0v) is 9.14. The van der Waals surface area contributed by atoms with Crippen molar-refractivity contribution >= 4 is 11.9 Å². The van der Waals surface area contributed by atoms with Crippen molar-refractivity contribution in [2.24, 2.45) is 10.2 Å². The van der Waals surface area contributed by atoms with Crippen molar-refractivity contribution < 1.29 is 0 Å². The highest BCUT2D eigenvalue weighted by Crippen LogP contribution is 2.13. The maximum atomic E-state index is 4.35. The molecule has 1 rings (SSSR count). The number of nitrogens with zero attached hydrogens (tertiary/aromatic N) is 4. The second kappa shape index (κ2) is 4.79. The van der Waals surface area contributed by atoms with Crippen molar-refractivity contribution in [3.05, 3.63) is 12.7 Å². The lowest BCUT2D eigenvalue weighted by Gasteiger charge is -2.23. The third-order valence-electron chi connectivity index (χ3n) is 2.23. The SMILES string of the molecule is C=C/C=N\N(C)CC1CC(C)=NN1C. The van der Waals surface area contributed by atoms with E-state index in [0.29, 0.717) is 6.04 Å². The first-order valence-corrected chi connectivity index (χ1v) is 4.76. The molecule has 1 aliphatic rings. The van der Waals surface area contributed by atoms with Crippen LogP contribution in [0, 0.1) is 0 Å². The van der Waals surface area contributed by atoms with Crippen molar-refractivity contribution in [2.75, 3.05) is 20.6 Å². The molecular formula is C10H18N4. The molecule has 1 atom stereocenters. The maximum absolute atomic E-state index is 4.35. The van der Waals surface area contributed by atoms with Crippen LogP contribution in [0.3, 0.4) is 0 Å². The molecular weight excluding hydrogens is 176 g/mol. The molecule has 1 unspecified atom stereocenters. The minimum absolute atomic E-state index is 0.446. The second-order valence-corrected chi connectivity index (χ2v) is 3.61. The molecule has 78 valence electrons. The summed E-state index contributed by atoms with van der Waals surface area (Å²) >= 11 is 0. The average molecular weight is 194 g/mol. The molecule has 0 amide bonds. The number of allylic oxidation sites excluding steroid dienone is 1. The number of likely N-dealkylation sites (N-methyl/N-ethyl adjacent to an activating group) is 2. The number of hydrazone groups is 2. The molecule has 0 saturated heterocycles. The zero-order valence-electron chi connectivity index (χ0n) is 9.14. The van der Waals surface area contributed by atoms with Crippen LogP contribution in [0.4, 0.5) is 0 Å². The molecule has 0 aromatic rings. The molecule has 0 bridgehead atoms. The van der Waals surface area contributed by atoms with Gasteiger partial charge in [-0.25, -0.2) is 0 Å². The predicted molar refractivity (Wildman–Crippen MR) is 60.6 cm³/mol. The van der Waals surface area contributed by atoms with Gasteiger partial charge in [0.2, 0.25) is 0 Å². The minimum Gasteiger partial charge on any atom is -0.298 e. The van der Waals surface area contributed by atoms with Gasteiger partial charge in [-0.3, -0.25) is 10.0 Å². The summed E-state index contributed by atoms with van der Waals surface area (Å²) in [7, 11) is 3.97. The Hall–Kier alpha value is -1.32. The normalized spacial score (nSPS) is 21.5. The van der Waals surface area contributed by atoms with E-state index in [1.165, 1.54) is 5.71 Å². The van der Waals surface area contributed by atoms with E-state index >= 15 is 0 Å². The Kier molecular flexibility index (Phi) is 3.68. The largest absolute Gasteiger partial charge is 0.298 e. The zero-order chi connectivity index (χ0) is 10.6. The molecule has 0 aromatic heterocycles. The number of hydrogen-bond acceptors (Lipinski definition) is 4. The van der Waals surface area contributed by atoms with Gasteiger partial charge in [-0.15, -0.1) is 0 Å². The van der Waals surface area contributed by atoms with Crippen LogP contribution in [0.5, 0.6) is 0 Å². The minimum atomic E-state index is 0.446. The van der Waals surface area contributed by atoms with Crippen molar-refractivity contribution in [1.29, 1.82) is 0 Å². The van der Waals surface area contributed by atoms with Crippen LogP contribution in [0.25, 0.3) is 0 Å². The first-order valence-electron chi connectivity index (χ1n) is 4.76. The summed E-state index contributed by atoms with van der Waals surface area (Å²) in [5.41, 5.74) is 1.19. The monoisotopic (exact) mass is 194 g/mol. The molecule has 1 heterocycles. The Morgan fingerprint density at radius 3 is 3.00 bits per heavy atom. The maximum Gasteiger partial charge on any atom is 0.0711 e. The fraction of sp³-hybridized carbons (Fsp3) is 0.600. The molecule has 4 heteroatoms. The topological polar surface area (TPSA) is 31.2 Å². The van der Waals surface area contributed by atoms with Crippen LogP contribution in [0.1, 0.15) is 13.3 Å². The fourth-order valence-corrected chi connectivity index (χ4v) is 1.56. The van der Waals surface area contributed by atoms with E-state index < -0.39 is 0 Å². The third kappa shape index (κ3) is 2.87. The summed E-state index contributed by atoms with van der Waals surface area (Å²) in [4.78, 5) is 0. The van der Waals surface area contributed by atoms with Crippen LogP contribution in [0.2, 0.25) is 0 Å². The van der Waals surface area contributed by atoms with Crippen molar-refractivity contribution in [1.82, 2.24) is 10.0 Å². The van der Waals surface area contributed by atoms with E-state index in [-0.39, 0.29) is 0 Å². The lowest BCUT2D eigenvalue weighted by molar-refractivity contribution is 0.211. The Morgan fingerprint density at radius 2 is 2.50 bits per heavy atom. The summed E-state index contributed by atoms with van der Waals surface area (Å²) in [6.45, 7) is 6.53. The molecule has 0 spiro atoms. The van der Waals surface area contributed by atoms with Gasteiger partial charge < -0.3 is 0 Å². The fourth-order valence-electron chi connectivity index (χ4n) is 1.56. The van der Waals surface area contributed by atoms with Crippen molar-refractivity contribution in [2.45, 2.75) is 19.4 Å². The van der Waals surface area contributed by atoms with Gasteiger partial charge in [0.1, 0.15) is 0 Å². The average Bonchev–Trinajstić information content (AvgIpc) is 2.42. The van der Waals surface area contributed by atoms with E-state index in [2.05, 4.69) is 23.7 Å². The Labute approximate surface area is 85.6 Å². The Bertz CT molecular complexity index is 257. The van der Waals surface area contributed by atoms with Gasteiger partial charge in [-0.2, -0.15) is 10.2 Å². The highest BCUT2D eigenvalue weighted by atomic mass is 15.5. The molecule has 14 heavy (non-hydrogen) atoms. The summed E-state index contributed by atoms with van der Waals surface area (Å²) in [5, 5.41) is 12.5. The molecule has 0 aliphatic carbocycles. The van der Waals surface area contributed by atoms with E-state index in [9.17, 15) is 0 Å². The van der Waals surface area contributed by atoms with Crippen LogP contribution in [-0.2, 0) is 0 Å². The first-order chi connectivity index (χ1) is 6.63. The van der Waals surface area contributed by atoms with Gasteiger partial charge in [0.05, 0.1) is 12.6 Å². The van der Waals surface area contributed by atoms with Crippen LogP contribution >= 0.6 is 0 Å². The number of rotatable bonds is 4. The molecule has 0 fully saturated rings. The standard InChI is InChI=1S/C10H18N4/c1-5-6-11-13(3)8-10-7-9(2)12-14(10)4/h5-6,10H,1,7-8H2,2-4H3/b11-6-. The third-order valence-corrected chi connectivity index (χ3v) is 2.23. The lowest BCUT2D eigenvalue weighted by Crippen LogP contribution is -2.33. The molecule has 1 aliphatic heterocycles. The van der Waals surface area contributed by atoms with Gasteiger partial charge in [-0.1, -0.05) is 6.58 Å². The van der Waals surface area contributed by atoms with E-state index in [1.54, 1.807) is 12.3 Å². The predicted octanol–water partition coefficient (Wildman–Crippen LogP) is 1.17. The highest BCUT2D eigenvalue weighted by molar-refractivity contribution is 5.83. The first kappa shape index (κ1) is 10.8. The van der Waals surface area contributed by atoms with Crippen molar-refractivity contribution in [3.63, 3.8) is 0 Å². The molecule has 0 N–H and O–H groups in total. The lowest BCUT2D eigenvalue weighted by atomic mass is 10.1. The summed E-state index contributed by atoms with van der Waals surface area (Å²) < 4.78 is 0. The Balaban J connectivity index is 2.39. The van der Waals surface area contributed by atoms with Gasteiger partial charge in [0.25, 0.3) is 0 Å². The van der Waals surface area contributed by atoms with Crippen LogP contribution in [-0.4, -0.2) is 48.6 Å². The van der Waals surface area contributed by atoms with E-state index in [1.807, 2.05) is 24.1 Å². The van der Waals surface area contributed by atoms with Crippen molar-refractivity contribution in [3.8, 4) is 0 Å². The number of hydrogen-bond donors (Lipinski definition) is 0. The van der Waals surface area contributed by atoms with Gasteiger partial charge in [0, 0.05) is 32.4 Å². The van der Waals surface area contributed by atoms with Gasteiger partial charge in [0.15, 0.2) is 0 Å². The second-order valence-electron chi connectivity index (χ2n) is 3.61. The molecule has 0 aromatic carbocycles. The summed E-state index contributed by atoms with van der Waals surface area (Å²) in [5.74, 6) is 0. The molecule has 0 radical (unpaired) electrons. The van der Waals surface area contributed by atoms with Gasteiger partial charge in [-0.05, 0) is 13.0 Å². The highest BCUT2D eigenvalue weighted by Gasteiger charge is 2.21. The molecule has 0 saturated carbocycles. The smallest absolute Gasteiger partial charge is 0.0711 e. The van der Waals surface area contributed by atoms with Gasteiger partial charge >= 0.3 is 0 Å². The van der Waals surface area contributed by atoms with E-state index in [4.69, 9.17) is 0 Å². The summed E-state index contributed by atoms with van der Waals surface area (Å²) in [6.07, 6.45) is 4.41. The Morgan fingerprint density at radius 1 is 1.79 bits per heavy atom. The van der Waals surface area contributed by atoms with Crippen LogP contribution < -0.4 is 0 Å². The summed E-state index contributed by atoms with van der Waals surface area (Å²) in [6, 6.07) is 0.446. The van der Waals surface area contributed by atoms with Crippen LogP contribution in [0.15, 0.2) is 22.9 Å². The van der Waals surface area contributed by atoms with E-state index in [0.717, 1.165) is 13.0 Å². The quantitative estimate of drug-likeness (QED) is 0.497. The molecule has 4 nitrogen and oxygen atoms in total.